The Morgan fingerprint density at radius 1 is 1.33 bits per heavy atom. The van der Waals surface area contributed by atoms with E-state index in [9.17, 15) is 4.21 Å². The monoisotopic (exact) mass is 234 g/mol. The zero-order valence-electron chi connectivity index (χ0n) is 7.04. The number of halogens is 2. The first-order valence-electron chi connectivity index (χ1n) is 3.54. The maximum absolute atomic E-state index is 11.2. The number of rotatable bonds is 1. The van der Waals surface area contributed by atoms with E-state index in [-0.39, 0.29) is 30.1 Å². The SMILES string of the molecule is CS(=N)(=O)C1CCNCC1.Cl.Cl. The Balaban J connectivity index is 0. The molecule has 1 heterocycles. The minimum absolute atomic E-state index is 0. The van der Waals surface area contributed by atoms with Gasteiger partial charge in [-0.1, -0.05) is 0 Å². The Morgan fingerprint density at radius 3 is 2.00 bits per heavy atom. The molecule has 1 unspecified atom stereocenters. The van der Waals surface area contributed by atoms with Crippen LogP contribution in [0.2, 0.25) is 0 Å². The molecule has 1 aliphatic rings. The van der Waals surface area contributed by atoms with E-state index < -0.39 is 9.73 Å². The first kappa shape index (κ1) is 15.0. The van der Waals surface area contributed by atoms with Crippen molar-refractivity contribution in [3.05, 3.63) is 0 Å². The van der Waals surface area contributed by atoms with E-state index in [1.54, 1.807) is 6.26 Å². The lowest BCUT2D eigenvalue weighted by Crippen LogP contribution is -2.34. The van der Waals surface area contributed by atoms with E-state index in [0.717, 1.165) is 25.9 Å². The summed E-state index contributed by atoms with van der Waals surface area (Å²) in [6.45, 7) is 1.85. The van der Waals surface area contributed by atoms with Gasteiger partial charge in [-0.15, -0.1) is 24.8 Å². The quantitative estimate of drug-likeness (QED) is 0.718. The molecule has 1 fully saturated rings. The Hall–Kier alpha value is 0.490. The van der Waals surface area contributed by atoms with Gasteiger partial charge < -0.3 is 5.32 Å². The molecule has 1 aliphatic heterocycles. The van der Waals surface area contributed by atoms with Gasteiger partial charge >= 0.3 is 0 Å². The van der Waals surface area contributed by atoms with E-state index >= 15 is 0 Å². The maximum Gasteiger partial charge on any atom is 0.0449 e. The van der Waals surface area contributed by atoms with Crippen molar-refractivity contribution in [2.45, 2.75) is 18.1 Å². The Morgan fingerprint density at radius 2 is 1.75 bits per heavy atom. The highest BCUT2D eigenvalue weighted by atomic mass is 35.5. The molecule has 0 radical (unpaired) electrons. The fourth-order valence-corrected chi connectivity index (χ4v) is 2.38. The second-order valence-electron chi connectivity index (χ2n) is 2.85. The highest BCUT2D eigenvalue weighted by Crippen LogP contribution is 2.11. The van der Waals surface area contributed by atoms with Crippen molar-refractivity contribution in [2.75, 3.05) is 19.3 Å². The third-order valence-corrected chi connectivity index (χ3v) is 3.67. The molecule has 3 nitrogen and oxygen atoms in total. The summed E-state index contributed by atoms with van der Waals surface area (Å²) in [5, 5.41) is 3.31. The molecule has 1 saturated heterocycles. The molecule has 1 atom stereocenters. The predicted octanol–water partition coefficient (Wildman–Crippen LogP) is 1.26. The van der Waals surface area contributed by atoms with Gasteiger partial charge in [0.2, 0.25) is 0 Å². The molecular weight excluding hydrogens is 219 g/mol. The molecule has 0 bridgehead atoms. The molecule has 0 spiro atoms. The smallest absolute Gasteiger partial charge is 0.0449 e. The minimum Gasteiger partial charge on any atom is -0.317 e. The number of piperidine rings is 1. The van der Waals surface area contributed by atoms with Gasteiger partial charge in [0.05, 0.1) is 0 Å². The lowest BCUT2D eigenvalue weighted by Gasteiger charge is -2.22. The average Bonchev–Trinajstić information content (AvgIpc) is 1.88. The van der Waals surface area contributed by atoms with Crippen molar-refractivity contribution < 1.29 is 4.21 Å². The minimum atomic E-state index is -2.27. The average molecular weight is 235 g/mol. The largest absolute Gasteiger partial charge is 0.317 e. The van der Waals surface area contributed by atoms with Crippen LogP contribution in [-0.4, -0.2) is 28.8 Å². The van der Waals surface area contributed by atoms with Crippen LogP contribution in [0.3, 0.4) is 0 Å². The zero-order chi connectivity index (χ0) is 7.61. The number of hydrogen-bond donors (Lipinski definition) is 2. The molecule has 0 aromatic heterocycles. The molecule has 0 amide bonds. The summed E-state index contributed by atoms with van der Waals surface area (Å²) in [6, 6.07) is 0. The lowest BCUT2D eigenvalue weighted by molar-refractivity contribution is 0.517. The maximum atomic E-state index is 11.2. The van der Waals surface area contributed by atoms with E-state index in [4.69, 9.17) is 4.78 Å². The molecule has 2 N–H and O–H groups in total. The molecule has 0 aromatic carbocycles. The highest BCUT2D eigenvalue weighted by Gasteiger charge is 2.19. The van der Waals surface area contributed by atoms with Crippen LogP contribution in [0.25, 0.3) is 0 Å². The van der Waals surface area contributed by atoms with Crippen LogP contribution >= 0.6 is 24.8 Å². The van der Waals surface area contributed by atoms with Crippen molar-refractivity contribution in [3.63, 3.8) is 0 Å². The first-order chi connectivity index (χ1) is 4.61. The molecule has 0 aromatic rings. The summed E-state index contributed by atoms with van der Waals surface area (Å²) < 4.78 is 18.5. The fraction of sp³-hybridized carbons (Fsp3) is 1.00. The molecule has 1 rings (SSSR count). The van der Waals surface area contributed by atoms with Gasteiger partial charge in [0.25, 0.3) is 0 Å². The Kier molecular flexibility index (Phi) is 7.52. The van der Waals surface area contributed by atoms with E-state index in [2.05, 4.69) is 5.32 Å². The van der Waals surface area contributed by atoms with Crippen LogP contribution in [0.5, 0.6) is 0 Å². The fourth-order valence-electron chi connectivity index (χ4n) is 1.25. The normalized spacial score (nSPS) is 23.1. The van der Waals surface area contributed by atoms with Gasteiger partial charge in [-0.25, -0.2) is 4.21 Å². The van der Waals surface area contributed by atoms with Crippen LogP contribution in [0.1, 0.15) is 12.8 Å². The Labute approximate surface area is 86.5 Å². The van der Waals surface area contributed by atoms with Crippen molar-refractivity contribution in [3.8, 4) is 0 Å². The second kappa shape index (κ2) is 6.02. The molecule has 76 valence electrons. The van der Waals surface area contributed by atoms with Gasteiger partial charge in [-0.05, 0) is 25.9 Å². The van der Waals surface area contributed by atoms with E-state index in [1.807, 2.05) is 0 Å². The van der Waals surface area contributed by atoms with Crippen LogP contribution < -0.4 is 5.32 Å². The number of hydrogen-bond acceptors (Lipinski definition) is 3. The van der Waals surface area contributed by atoms with E-state index in [0.29, 0.717) is 0 Å². The Bertz CT molecular complexity index is 200. The van der Waals surface area contributed by atoms with Crippen molar-refractivity contribution >= 4 is 34.5 Å². The van der Waals surface area contributed by atoms with Gasteiger partial charge in [-0.3, -0.25) is 4.78 Å². The first-order valence-corrected chi connectivity index (χ1v) is 5.57. The molecule has 0 saturated carbocycles. The summed E-state index contributed by atoms with van der Waals surface area (Å²) in [7, 11) is -2.27. The van der Waals surface area contributed by atoms with Crippen LogP contribution in [0.4, 0.5) is 0 Å². The summed E-state index contributed by atoms with van der Waals surface area (Å²) in [5.74, 6) is 0. The topological polar surface area (TPSA) is 53.0 Å². The second-order valence-corrected chi connectivity index (χ2v) is 5.33. The van der Waals surface area contributed by atoms with Crippen molar-refractivity contribution in [1.29, 1.82) is 4.78 Å². The predicted molar refractivity (Wildman–Crippen MR) is 57.2 cm³/mol. The molecule has 0 aliphatic carbocycles. The van der Waals surface area contributed by atoms with Crippen molar-refractivity contribution in [2.24, 2.45) is 0 Å². The van der Waals surface area contributed by atoms with Crippen LogP contribution in [-0.2, 0) is 9.73 Å². The van der Waals surface area contributed by atoms with Gasteiger partial charge in [0, 0.05) is 21.2 Å². The third kappa shape index (κ3) is 4.50. The van der Waals surface area contributed by atoms with Gasteiger partial charge in [0.15, 0.2) is 0 Å². The van der Waals surface area contributed by atoms with E-state index in [1.165, 1.54) is 0 Å². The lowest BCUT2D eigenvalue weighted by atomic mass is 10.2. The van der Waals surface area contributed by atoms with Gasteiger partial charge in [0.1, 0.15) is 0 Å². The number of nitrogens with one attached hydrogen (secondary N) is 2. The van der Waals surface area contributed by atoms with Crippen molar-refractivity contribution in [1.82, 2.24) is 5.32 Å². The summed E-state index contributed by atoms with van der Waals surface area (Å²) in [4.78, 5) is 0. The van der Waals surface area contributed by atoms with Gasteiger partial charge in [-0.2, -0.15) is 0 Å². The third-order valence-electron chi connectivity index (χ3n) is 1.92. The van der Waals surface area contributed by atoms with Crippen LogP contribution in [0.15, 0.2) is 0 Å². The summed E-state index contributed by atoms with van der Waals surface area (Å²) >= 11 is 0. The highest BCUT2D eigenvalue weighted by molar-refractivity contribution is 7.92. The standard InChI is InChI=1S/C6H14N2OS.2ClH/c1-10(7,9)6-2-4-8-5-3-6;;/h6-8H,2-5H2,1H3;2*1H. The van der Waals surface area contributed by atoms with Crippen LogP contribution in [0, 0.1) is 4.78 Å². The molecule has 6 heteroatoms. The molecule has 12 heavy (non-hydrogen) atoms. The molecular formula is C6H16Cl2N2OS. The summed E-state index contributed by atoms with van der Waals surface area (Å²) in [5.41, 5.74) is 0. The zero-order valence-corrected chi connectivity index (χ0v) is 9.49. The summed E-state index contributed by atoms with van der Waals surface area (Å²) in [6.07, 6.45) is 3.35.